The Balaban J connectivity index is 0.000000547. The van der Waals surface area contributed by atoms with E-state index in [0.29, 0.717) is 114 Å². The Hall–Kier alpha value is -7.33. The van der Waals surface area contributed by atoms with Crippen molar-refractivity contribution in [2.24, 2.45) is 0 Å². The Labute approximate surface area is 856 Å². The molecule has 30 heteroatoms. The molecule has 0 spiro atoms. The fourth-order valence-electron chi connectivity index (χ4n) is 13.0. The number of hydrogen-bond acceptors (Lipinski definition) is 20. The second-order valence-corrected chi connectivity index (χ2v) is 31.2. The Morgan fingerprint density at radius 2 is 0.662 bits per heavy atom. The average molecular weight is 2430 g/mol. The second-order valence-electron chi connectivity index (χ2n) is 30.1. The van der Waals surface area contributed by atoms with Gasteiger partial charge in [0.2, 0.25) is 17.6 Å². The third-order valence-corrected chi connectivity index (χ3v) is 21.5. The number of alkyl halides is 1. The molecule has 3 aliphatic rings. The predicted molar refractivity (Wildman–Crippen MR) is 530 cm³/mol. The fourth-order valence-corrected chi connectivity index (χ4v) is 13.7. The van der Waals surface area contributed by atoms with Crippen LogP contribution in [-0.4, -0.2) is 150 Å². The molecule has 0 saturated carbocycles. The summed E-state index contributed by atoms with van der Waals surface area (Å²) in [6, 6.07) is 43.5. The van der Waals surface area contributed by atoms with Crippen LogP contribution in [0.4, 0.5) is 0 Å². The van der Waals surface area contributed by atoms with Crippen molar-refractivity contribution in [1.29, 1.82) is 0 Å². The van der Waals surface area contributed by atoms with Gasteiger partial charge in [0.05, 0.1) is 136 Å². The van der Waals surface area contributed by atoms with Gasteiger partial charge in [0.15, 0.2) is 5.88 Å². The Morgan fingerprint density at radius 3 is 0.917 bits per heavy atom. The minimum absolute atomic E-state index is 0. The van der Waals surface area contributed by atoms with Crippen LogP contribution in [-0.2, 0) is 113 Å². The molecule has 730 valence electrons. The maximum absolute atomic E-state index is 13.4. The van der Waals surface area contributed by atoms with Crippen LogP contribution in [0.3, 0.4) is 0 Å². The minimum Gasteiger partial charge on any atom is 0 e. The summed E-state index contributed by atoms with van der Waals surface area (Å²) < 4.78 is 41.4. The molecule has 16 rings (SSSR count). The zero-order chi connectivity index (χ0) is 95.3. The van der Waals surface area contributed by atoms with Crippen LogP contribution in [0.1, 0.15) is 189 Å². The smallest absolute Gasteiger partial charge is 0 e. The summed E-state index contributed by atoms with van der Waals surface area (Å²) >= 11 is 9.93. The number of hydrogen-bond donors (Lipinski definition) is 3. The van der Waals surface area contributed by atoms with Crippen molar-refractivity contribution in [3.63, 3.8) is 0 Å². The summed E-state index contributed by atoms with van der Waals surface area (Å²) in [5.74, 6) is 2.87. The van der Waals surface area contributed by atoms with Gasteiger partial charge < -0.3 is 90.0 Å². The number of halogens is 3. The maximum atomic E-state index is 13.4. The zero-order valence-electron chi connectivity index (χ0n) is 78.4. The van der Waals surface area contributed by atoms with Crippen LogP contribution in [0.5, 0.6) is 23.5 Å². The van der Waals surface area contributed by atoms with Crippen molar-refractivity contribution < 1.29 is 128 Å². The van der Waals surface area contributed by atoms with E-state index in [2.05, 4.69) is 153 Å². The Kier molecular flexibility index (Phi) is 63.6. The van der Waals surface area contributed by atoms with E-state index in [1.54, 1.807) is 93.5 Å². The molecule has 0 bridgehead atoms. The van der Waals surface area contributed by atoms with Crippen LogP contribution < -0.4 is 35.6 Å². The summed E-state index contributed by atoms with van der Waals surface area (Å²) in [6.45, 7) is 40.3. The number of fused-ring (bicyclic) bond motifs is 9. The number of aliphatic hydroxyl groups excluding tert-OH is 3. The molecule has 0 unspecified atom stereocenters. The largest absolute Gasteiger partial charge is 0 e. The molecule has 10 heterocycles. The van der Waals surface area contributed by atoms with E-state index < -0.39 is 18.3 Å². The van der Waals surface area contributed by atoms with Gasteiger partial charge in [-0.25, -0.2) is 29.9 Å². The first-order valence-electron chi connectivity index (χ1n) is 44.2. The third-order valence-electron chi connectivity index (χ3n) is 20.5. The number of nitrogens with zero attached hydrogens (tertiary/aromatic N) is 10. The number of pyridine rings is 4. The van der Waals surface area contributed by atoms with Crippen LogP contribution in [0, 0.1) is 48.5 Å². The molecule has 3 saturated heterocycles. The molecule has 0 aliphatic carbocycles. The van der Waals surface area contributed by atoms with E-state index in [0.717, 1.165) is 126 Å². The second kappa shape index (κ2) is 69.5. The molecule has 0 radical (unpaired) electrons. The van der Waals surface area contributed by atoms with E-state index >= 15 is 0 Å². The molecule has 23 nitrogen and oxygen atoms in total. The number of rotatable bonds is 18. The Bertz CT molecular complexity index is 5320. The average Bonchev–Trinajstić information content (AvgIpc) is 0.753. The molecule has 13 aromatic rings. The van der Waals surface area contributed by atoms with E-state index in [1.807, 2.05) is 115 Å². The molecule has 6 aromatic carbocycles. The van der Waals surface area contributed by atoms with Crippen molar-refractivity contribution in [3.8, 4) is 23.5 Å². The summed E-state index contributed by atoms with van der Waals surface area (Å²) in [6.07, 6.45) is 26.1. The molecule has 3 fully saturated rings. The summed E-state index contributed by atoms with van der Waals surface area (Å²) in [7, 11) is 11.1. The van der Waals surface area contributed by atoms with Gasteiger partial charge in [-0.15, -0.1) is 11.6 Å². The van der Waals surface area contributed by atoms with Gasteiger partial charge in [-0.1, -0.05) is 199 Å². The van der Waals surface area contributed by atoms with E-state index in [9.17, 15) is 29.7 Å². The maximum Gasteiger partial charge on any atom is 0 e. The van der Waals surface area contributed by atoms with Gasteiger partial charge >= 0.3 is 27.0 Å². The SMILES string of the molecule is COc1ccc(CCl)cn1.COc1ccc(Cc2cc3c(=O)n([C@H]4CCOC[C@@H]4O)cnc3c3ccccc23)cn1.COc1ccc(Cc2cc3c(=O)n([C@H]4CCOC[C@@H]4O)cnc3c3ccccc23)cn1.O=c1c2cc(Br)c3ccccc3c2ncn1[C@H]1CCOC[C@@H]1O.[CH2-]CCC.[CH2-]CCC.[CH2-]CCC.[CH2-]CCC.[CH2-]CCC.[CH2-]CCC.[CH2-]c1ccc(OC)nc1.[Cl][Zn+].[Pd].[Pt].[Pt]. The first kappa shape index (κ1) is 122. The van der Waals surface area contributed by atoms with Crippen LogP contribution in [0.15, 0.2) is 202 Å². The van der Waals surface area contributed by atoms with Crippen molar-refractivity contribution in [3.05, 3.63) is 301 Å². The van der Waals surface area contributed by atoms with Crippen molar-refractivity contribution >= 4 is 102 Å². The molecule has 133 heavy (non-hydrogen) atoms. The monoisotopic (exact) mass is 2420 g/mol. The van der Waals surface area contributed by atoms with Crippen LogP contribution >= 0.6 is 37.2 Å². The number of aliphatic hydroxyl groups is 3. The molecular formula is C103H131BrCl2N10O13PdPt2Zn-6. The van der Waals surface area contributed by atoms with Gasteiger partial charge in [0, 0.05) is 146 Å². The standard InChI is InChI=1S/2C24H23N3O4.C17H15BrN2O3.C7H8ClNO.C7H8NO.6C4H9.ClH.Pd.2Pt.Zn/c2*1-30-22-7-6-15(12-25-22)10-16-11-19-23(18-5-3-2-4-17(16)18)26-14-27(24(19)29)20-8-9-31-13-21(20)28;18-13-7-12-16(11-4-2-1-3-10(11)13)19-9-20(17(12)22)14-5-6-23-8-15(14)21;1-10-7-3-2-6(4-8)5-9-7;1-6-3-4-7(9-2)8-5-6;6*1-3-4-2;;;;;/h2*2-7,11-12,14,20-21,28H,8-10,13H2,1H3;1-4,7,9,14-15,21H,5-6,8H2;2-3,5H,4H2,1H3;3-5H,1H2,2H3;6*1,3-4H2,2H3;1H;;;;/q;;;;7*-1;;;;;+2/p-1/t2*20-,21-;14-,15-;;;;;;;;;;;;;/m000............./s1. The van der Waals surface area contributed by atoms with Crippen LogP contribution in [0.25, 0.3) is 65.0 Å². The summed E-state index contributed by atoms with van der Waals surface area (Å²) in [5, 5.41) is 38.4. The molecule has 7 aromatic heterocycles. The Morgan fingerprint density at radius 1 is 0.398 bits per heavy atom. The fraction of sp³-hybridized carbons (Fsp3) is 0.388. The van der Waals surface area contributed by atoms with Crippen molar-refractivity contribution in [1.82, 2.24) is 48.6 Å². The minimum atomic E-state index is -0.726. The number of ether oxygens (including phenoxy) is 7. The third kappa shape index (κ3) is 38.2. The number of aromatic nitrogens is 10. The van der Waals surface area contributed by atoms with E-state index in [-0.39, 0.29) is 117 Å². The van der Waals surface area contributed by atoms with Crippen LogP contribution in [0.2, 0.25) is 0 Å². The first-order chi connectivity index (χ1) is 63.1. The van der Waals surface area contributed by atoms with Gasteiger partial charge in [0.25, 0.3) is 16.7 Å². The molecule has 6 atom stereocenters. The number of methoxy groups -OCH3 is 4. The quantitative estimate of drug-likeness (QED) is 0.0311. The van der Waals surface area contributed by atoms with Crippen molar-refractivity contribution in [2.75, 3.05) is 68.1 Å². The molecular weight excluding hydrogens is 2300 g/mol. The molecule has 0 amide bonds. The van der Waals surface area contributed by atoms with Gasteiger partial charge in [-0.3, -0.25) is 33.1 Å². The predicted octanol–water partition coefficient (Wildman–Crippen LogP) is 21.9. The first-order valence-corrected chi connectivity index (χ1v) is 49.4. The van der Waals surface area contributed by atoms with Gasteiger partial charge in [-0.2, -0.15) is 57.1 Å². The normalized spacial score (nSPS) is 15.4. The molecule has 3 aliphatic heterocycles. The van der Waals surface area contributed by atoms with E-state index in [1.165, 1.54) is 43.1 Å². The molecule has 3 N–H and O–H groups in total. The summed E-state index contributed by atoms with van der Waals surface area (Å²) in [4.78, 5) is 70.1. The van der Waals surface area contributed by atoms with Gasteiger partial charge in [0.1, 0.15) is 0 Å². The number of unbranched alkanes of at least 4 members (excludes halogenated alkanes) is 6. The van der Waals surface area contributed by atoms with Gasteiger partial charge in [-0.05, 0) is 94.3 Å². The number of benzene rings is 6. The van der Waals surface area contributed by atoms with Crippen molar-refractivity contribution in [2.45, 2.75) is 193 Å². The zero-order valence-corrected chi connectivity index (χ0v) is 90.6. The summed E-state index contributed by atoms with van der Waals surface area (Å²) in [5.41, 5.74) is 7.62. The topological polar surface area (TPSA) is 282 Å². The van der Waals surface area contributed by atoms with E-state index in [4.69, 9.17) is 54.5 Å².